The zero-order valence-electron chi connectivity index (χ0n) is 8.62. The Morgan fingerprint density at radius 3 is 2.93 bits per heavy atom. The van der Waals surface area contributed by atoms with Crippen LogP contribution in [0.4, 0.5) is 5.82 Å². The Hall–Kier alpha value is -1.52. The van der Waals surface area contributed by atoms with Gasteiger partial charge >= 0.3 is 0 Å². The van der Waals surface area contributed by atoms with Crippen molar-refractivity contribution in [1.82, 2.24) is 15.5 Å². The van der Waals surface area contributed by atoms with Gasteiger partial charge in [-0.2, -0.15) is 5.10 Å². The van der Waals surface area contributed by atoms with Gasteiger partial charge in [0.1, 0.15) is 5.82 Å². The second-order valence-electron chi connectivity index (χ2n) is 4.01. The van der Waals surface area contributed by atoms with Crippen molar-refractivity contribution in [2.75, 3.05) is 5.73 Å². The van der Waals surface area contributed by atoms with Gasteiger partial charge in [0, 0.05) is 18.0 Å². The summed E-state index contributed by atoms with van der Waals surface area (Å²) in [7, 11) is 0. The molecule has 0 aromatic carbocycles. The Morgan fingerprint density at radius 1 is 1.60 bits per heavy atom. The van der Waals surface area contributed by atoms with Crippen LogP contribution in [0.5, 0.6) is 0 Å². The maximum Gasteiger partial charge on any atom is 0.223 e. The number of carbonyl (C=O) groups excluding carboxylic acids is 1. The lowest BCUT2D eigenvalue weighted by Gasteiger charge is -2.09. The summed E-state index contributed by atoms with van der Waals surface area (Å²) < 4.78 is 0. The summed E-state index contributed by atoms with van der Waals surface area (Å²) in [5.41, 5.74) is 6.46. The molecule has 0 radical (unpaired) electrons. The van der Waals surface area contributed by atoms with Crippen LogP contribution in [0.2, 0.25) is 0 Å². The van der Waals surface area contributed by atoms with Crippen LogP contribution in [0, 0.1) is 5.92 Å². The molecular formula is C10H16N4O. The SMILES string of the molecule is Nc1[nH]ncc1CNC(=O)C1CCCC1. The van der Waals surface area contributed by atoms with Crippen molar-refractivity contribution in [2.45, 2.75) is 32.2 Å². The predicted molar refractivity (Wildman–Crippen MR) is 56.8 cm³/mol. The largest absolute Gasteiger partial charge is 0.384 e. The zero-order valence-corrected chi connectivity index (χ0v) is 8.62. The molecule has 1 aromatic rings. The summed E-state index contributed by atoms with van der Waals surface area (Å²) in [5.74, 6) is 0.882. The first-order chi connectivity index (χ1) is 7.27. The maximum absolute atomic E-state index is 11.7. The van der Waals surface area contributed by atoms with Crippen molar-refractivity contribution in [1.29, 1.82) is 0 Å². The van der Waals surface area contributed by atoms with Crippen LogP contribution in [0.3, 0.4) is 0 Å². The van der Waals surface area contributed by atoms with E-state index in [-0.39, 0.29) is 11.8 Å². The summed E-state index contributed by atoms with van der Waals surface area (Å²) >= 11 is 0. The Balaban J connectivity index is 1.83. The smallest absolute Gasteiger partial charge is 0.223 e. The fraction of sp³-hybridized carbons (Fsp3) is 0.600. The average molecular weight is 208 g/mol. The molecule has 0 spiro atoms. The maximum atomic E-state index is 11.7. The Labute approximate surface area is 88.4 Å². The van der Waals surface area contributed by atoms with Crippen molar-refractivity contribution in [2.24, 2.45) is 5.92 Å². The van der Waals surface area contributed by atoms with E-state index in [1.54, 1.807) is 6.20 Å². The highest BCUT2D eigenvalue weighted by Crippen LogP contribution is 2.24. The first-order valence-corrected chi connectivity index (χ1v) is 5.33. The van der Waals surface area contributed by atoms with Gasteiger partial charge in [-0.25, -0.2) is 0 Å². The molecule has 0 unspecified atom stereocenters. The third kappa shape index (κ3) is 2.29. The molecule has 0 aliphatic heterocycles. The molecule has 5 nitrogen and oxygen atoms in total. The van der Waals surface area contributed by atoms with Crippen LogP contribution in [-0.4, -0.2) is 16.1 Å². The highest BCUT2D eigenvalue weighted by Gasteiger charge is 2.22. The van der Waals surface area contributed by atoms with E-state index in [1.807, 2.05) is 0 Å². The first kappa shape index (κ1) is 10.0. The van der Waals surface area contributed by atoms with Gasteiger partial charge < -0.3 is 11.1 Å². The van der Waals surface area contributed by atoms with Gasteiger partial charge in [-0.05, 0) is 12.8 Å². The van der Waals surface area contributed by atoms with Crippen LogP contribution in [0.15, 0.2) is 6.20 Å². The lowest BCUT2D eigenvalue weighted by molar-refractivity contribution is -0.124. The molecule has 2 rings (SSSR count). The Bertz CT molecular complexity index is 341. The highest BCUT2D eigenvalue weighted by molar-refractivity contribution is 5.78. The van der Waals surface area contributed by atoms with E-state index in [0.717, 1.165) is 18.4 Å². The molecule has 0 atom stereocenters. The minimum absolute atomic E-state index is 0.146. The van der Waals surface area contributed by atoms with Gasteiger partial charge in [-0.1, -0.05) is 12.8 Å². The summed E-state index contributed by atoms with van der Waals surface area (Å²) in [4.78, 5) is 11.7. The third-order valence-corrected chi connectivity index (χ3v) is 2.93. The number of amides is 1. The van der Waals surface area contributed by atoms with Gasteiger partial charge in [0.15, 0.2) is 0 Å². The van der Waals surface area contributed by atoms with Gasteiger partial charge in [0.2, 0.25) is 5.91 Å². The number of rotatable bonds is 3. The molecule has 4 N–H and O–H groups in total. The third-order valence-electron chi connectivity index (χ3n) is 2.93. The van der Waals surface area contributed by atoms with Gasteiger partial charge in [0.05, 0.1) is 6.20 Å². The monoisotopic (exact) mass is 208 g/mol. The number of hydrogen-bond acceptors (Lipinski definition) is 3. The van der Waals surface area contributed by atoms with E-state index in [9.17, 15) is 4.79 Å². The lowest BCUT2D eigenvalue weighted by Crippen LogP contribution is -2.28. The Kier molecular flexibility index (Phi) is 2.89. The van der Waals surface area contributed by atoms with Crippen molar-refractivity contribution < 1.29 is 4.79 Å². The summed E-state index contributed by atoms with van der Waals surface area (Å²) in [5, 5.41) is 9.32. The van der Waals surface area contributed by atoms with Crippen LogP contribution in [0.1, 0.15) is 31.2 Å². The molecule has 0 bridgehead atoms. The predicted octanol–water partition coefficient (Wildman–Crippen LogP) is 0.798. The van der Waals surface area contributed by atoms with E-state index < -0.39 is 0 Å². The van der Waals surface area contributed by atoms with Crippen molar-refractivity contribution >= 4 is 11.7 Å². The number of carbonyl (C=O) groups is 1. The fourth-order valence-corrected chi connectivity index (χ4v) is 1.98. The van der Waals surface area contributed by atoms with E-state index in [0.29, 0.717) is 12.4 Å². The molecule has 1 saturated carbocycles. The van der Waals surface area contributed by atoms with Crippen LogP contribution in [-0.2, 0) is 11.3 Å². The molecule has 1 fully saturated rings. The van der Waals surface area contributed by atoms with Crippen molar-refractivity contribution in [3.05, 3.63) is 11.8 Å². The Morgan fingerprint density at radius 2 is 2.33 bits per heavy atom. The summed E-state index contributed by atoms with van der Waals surface area (Å²) in [6.07, 6.45) is 6.03. The number of aromatic nitrogens is 2. The minimum atomic E-state index is 0.146. The van der Waals surface area contributed by atoms with Gasteiger partial charge in [-0.3, -0.25) is 9.89 Å². The lowest BCUT2D eigenvalue weighted by atomic mass is 10.1. The molecule has 5 heteroatoms. The fourth-order valence-electron chi connectivity index (χ4n) is 1.98. The summed E-state index contributed by atoms with van der Waals surface area (Å²) in [6.45, 7) is 0.470. The number of hydrogen-bond donors (Lipinski definition) is 3. The molecule has 1 amide bonds. The topological polar surface area (TPSA) is 83.8 Å². The number of anilines is 1. The second kappa shape index (κ2) is 4.33. The number of nitrogen functional groups attached to an aromatic ring is 1. The number of nitrogens with two attached hydrogens (primary N) is 1. The van der Waals surface area contributed by atoms with E-state index >= 15 is 0 Å². The molecule has 15 heavy (non-hydrogen) atoms. The normalized spacial score (nSPS) is 16.8. The quantitative estimate of drug-likeness (QED) is 0.687. The molecule has 0 saturated heterocycles. The minimum Gasteiger partial charge on any atom is -0.384 e. The van der Waals surface area contributed by atoms with Crippen LogP contribution < -0.4 is 11.1 Å². The van der Waals surface area contributed by atoms with E-state index in [1.165, 1.54) is 12.8 Å². The number of nitrogens with one attached hydrogen (secondary N) is 2. The van der Waals surface area contributed by atoms with E-state index in [4.69, 9.17) is 5.73 Å². The number of nitrogens with zero attached hydrogens (tertiary/aromatic N) is 1. The highest BCUT2D eigenvalue weighted by atomic mass is 16.1. The van der Waals surface area contributed by atoms with Crippen molar-refractivity contribution in [3.63, 3.8) is 0 Å². The summed E-state index contributed by atoms with van der Waals surface area (Å²) in [6, 6.07) is 0. The van der Waals surface area contributed by atoms with Gasteiger partial charge in [0.25, 0.3) is 0 Å². The molecule has 1 aliphatic rings. The molecular weight excluding hydrogens is 192 g/mol. The standard InChI is InChI=1S/C10H16N4O/c11-9-8(6-13-14-9)5-12-10(15)7-3-1-2-4-7/h6-7H,1-5H2,(H,12,15)(H3,11,13,14). The van der Waals surface area contributed by atoms with E-state index in [2.05, 4.69) is 15.5 Å². The second-order valence-corrected chi connectivity index (χ2v) is 4.01. The van der Waals surface area contributed by atoms with Crippen LogP contribution >= 0.6 is 0 Å². The first-order valence-electron chi connectivity index (χ1n) is 5.33. The van der Waals surface area contributed by atoms with Gasteiger partial charge in [-0.15, -0.1) is 0 Å². The zero-order chi connectivity index (χ0) is 10.7. The van der Waals surface area contributed by atoms with Crippen molar-refractivity contribution in [3.8, 4) is 0 Å². The molecule has 1 aromatic heterocycles. The number of aromatic amines is 1. The molecule has 82 valence electrons. The molecule has 1 aliphatic carbocycles. The average Bonchev–Trinajstić information content (AvgIpc) is 2.85. The molecule has 1 heterocycles. The van der Waals surface area contributed by atoms with Crippen LogP contribution in [0.25, 0.3) is 0 Å². The number of H-pyrrole nitrogens is 1.